The average molecular weight is 441 g/mol. The van der Waals surface area contributed by atoms with Crippen LogP contribution in [0.4, 0.5) is 26.3 Å². The average Bonchev–Trinajstić information content (AvgIpc) is 2.51. The van der Waals surface area contributed by atoms with Crippen LogP contribution in [0.3, 0.4) is 0 Å². The summed E-state index contributed by atoms with van der Waals surface area (Å²) in [4.78, 5) is 11.4. The van der Waals surface area contributed by atoms with Crippen molar-refractivity contribution < 1.29 is 31.1 Å². The second kappa shape index (κ2) is 8.17. The lowest BCUT2D eigenvalue weighted by Crippen LogP contribution is -2.19. The van der Waals surface area contributed by atoms with Gasteiger partial charge in [0.15, 0.2) is 5.78 Å². The normalized spacial score (nSPS) is 13.8. The summed E-state index contributed by atoms with van der Waals surface area (Å²) in [7, 11) is 0. The zero-order chi connectivity index (χ0) is 21.3. The number of hydrogen-bond donors (Lipinski definition) is 0. The zero-order valence-electron chi connectivity index (χ0n) is 14.1. The van der Waals surface area contributed by atoms with Crippen molar-refractivity contribution in [3.8, 4) is 0 Å². The van der Waals surface area contributed by atoms with Gasteiger partial charge in [-0.2, -0.15) is 26.3 Å². The Balaban J connectivity index is 2.49. The zero-order valence-corrected chi connectivity index (χ0v) is 15.6. The molecule has 1 nitrogen and oxygen atoms in total. The van der Waals surface area contributed by atoms with Crippen molar-refractivity contribution in [1.82, 2.24) is 0 Å². The Morgan fingerprint density at radius 2 is 1.54 bits per heavy atom. The Kier molecular flexibility index (Phi) is 6.51. The van der Waals surface area contributed by atoms with Crippen LogP contribution in [0.25, 0.3) is 6.08 Å². The molecule has 0 aromatic heterocycles. The maximum Gasteiger partial charge on any atom is 0.417 e. The number of hydrogen-bond acceptors (Lipinski definition) is 1. The summed E-state index contributed by atoms with van der Waals surface area (Å²) in [5, 5.41) is -0.00867. The van der Waals surface area contributed by atoms with Crippen LogP contribution in [0.2, 0.25) is 10.0 Å². The van der Waals surface area contributed by atoms with E-state index in [9.17, 15) is 31.1 Å². The van der Waals surface area contributed by atoms with Gasteiger partial charge in [-0.3, -0.25) is 4.79 Å². The maximum atomic E-state index is 13.4. The number of rotatable bonds is 4. The van der Waals surface area contributed by atoms with Crippen molar-refractivity contribution in [3.63, 3.8) is 0 Å². The number of halogens is 8. The molecule has 150 valence electrons. The molecule has 0 spiro atoms. The van der Waals surface area contributed by atoms with Crippen molar-refractivity contribution in [1.29, 1.82) is 0 Å². The van der Waals surface area contributed by atoms with Gasteiger partial charge in [-0.1, -0.05) is 47.5 Å². The summed E-state index contributed by atoms with van der Waals surface area (Å²) in [5.41, 5.74) is -2.16. The molecule has 0 aliphatic carbocycles. The quantitative estimate of drug-likeness (QED) is 0.353. The first kappa shape index (κ1) is 22.3. The third-order valence-corrected chi connectivity index (χ3v) is 4.24. The van der Waals surface area contributed by atoms with E-state index in [4.69, 9.17) is 23.2 Å². The van der Waals surface area contributed by atoms with Crippen molar-refractivity contribution in [3.05, 3.63) is 74.8 Å². The highest BCUT2D eigenvalue weighted by Crippen LogP contribution is 2.39. The van der Waals surface area contributed by atoms with Gasteiger partial charge in [0.25, 0.3) is 0 Å². The highest BCUT2D eigenvalue weighted by molar-refractivity contribution is 6.34. The molecular formula is C19H12Cl2F6O. The number of allylic oxidation sites excluding steroid dienone is 1. The molecule has 2 aromatic rings. The first-order valence-corrected chi connectivity index (χ1v) is 8.47. The van der Waals surface area contributed by atoms with Crippen molar-refractivity contribution >= 4 is 35.1 Å². The van der Waals surface area contributed by atoms with Gasteiger partial charge in [0.2, 0.25) is 0 Å². The number of carbonyl (C=O) groups is 1. The number of carbonyl (C=O) groups excluding carboxylic acids is 1. The molecule has 28 heavy (non-hydrogen) atoms. The van der Waals surface area contributed by atoms with Gasteiger partial charge in [0.1, 0.15) is 0 Å². The topological polar surface area (TPSA) is 17.1 Å². The van der Waals surface area contributed by atoms with E-state index in [-0.39, 0.29) is 21.2 Å². The van der Waals surface area contributed by atoms with E-state index in [1.807, 2.05) is 0 Å². The Morgan fingerprint density at radius 3 is 2.00 bits per heavy atom. The van der Waals surface area contributed by atoms with Crippen molar-refractivity contribution in [2.24, 2.45) is 0 Å². The van der Waals surface area contributed by atoms with E-state index in [2.05, 4.69) is 0 Å². The summed E-state index contributed by atoms with van der Waals surface area (Å²) in [6, 6.07) is 6.13. The van der Waals surface area contributed by atoms with E-state index in [0.29, 0.717) is 12.1 Å². The highest BCUT2D eigenvalue weighted by Gasteiger charge is 2.39. The summed E-state index contributed by atoms with van der Waals surface area (Å²) in [5.74, 6) is -2.94. The smallest absolute Gasteiger partial charge is 0.294 e. The summed E-state index contributed by atoms with van der Waals surface area (Å²) >= 11 is 11.5. The number of Topliss-reactive ketones (excluding diaryl/α,β-unsaturated/α-hetero) is 1. The number of benzene rings is 2. The van der Waals surface area contributed by atoms with Crippen LogP contribution in [0, 0.1) is 0 Å². The molecule has 0 aliphatic rings. The first-order valence-electron chi connectivity index (χ1n) is 7.72. The lowest BCUT2D eigenvalue weighted by molar-refractivity contribution is -0.139. The Morgan fingerprint density at radius 1 is 0.964 bits per heavy atom. The summed E-state index contributed by atoms with van der Waals surface area (Å²) in [6.07, 6.45) is -7.93. The molecule has 0 radical (unpaired) electrons. The van der Waals surface area contributed by atoms with E-state index in [1.54, 1.807) is 0 Å². The van der Waals surface area contributed by atoms with Crippen LogP contribution in [0.1, 0.15) is 39.9 Å². The predicted molar refractivity (Wildman–Crippen MR) is 95.7 cm³/mol. The van der Waals surface area contributed by atoms with Gasteiger partial charge >= 0.3 is 12.4 Å². The van der Waals surface area contributed by atoms with Crippen LogP contribution >= 0.6 is 23.2 Å². The molecule has 0 bridgehead atoms. The second-order valence-electron chi connectivity index (χ2n) is 5.94. The summed E-state index contributed by atoms with van der Waals surface area (Å²) < 4.78 is 79.8. The molecule has 0 amide bonds. The fraction of sp³-hybridized carbons (Fsp3) is 0.211. The maximum absolute atomic E-state index is 13.4. The molecule has 2 rings (SSSR count). The van der Waals surface area contributed by atoms with Gasteiger partial charge in [0, 0.05) is 15.6 Å². The molecular weight excluding hydrogens is 429 g/mol. The molecule has 1 unspecified atom stereocenters. The Bertz CT molecular complexity index is 895. The van der Waals surface area contributed by atoms with Crippen LogP contribution in [0.5, 0.6) is 0 Å². The second-order valence-corrected chi connectivity index (χ2v) is 6.81. The molecule has 0 aliphatic heterocycles. The lowest BCUT2D eigenvalue weighted by atomic mass is 9.95. The van der Waals surface area contributed by atoms with Crippen LogP contribution < -0.4 is 0 Å². The minimum absolute atomic E-state index is 0.00433. The predicted octanol–water partition coefficient (Wildman–Crippen LogP) is 7.57. The van der Waals surface area contributed by atoms with Crippen LogP contribution in [-0.2, 0) is 6.18 Å². The monoisotopic (exact) mass is 440 g/mol. The third kappa shape index (κ3) is 5.52. The standard InChI is InChI=1S/C19H12Cl2F6O/c1-10(28)15-4-2-11(6-17(15)19(25,26)27)3-5-16(18(22,23)24)12-7-13(20)9-14(21)8-12/h2-9,16H,1H3/b5-3+. The van der Waals surface area contributed by atoms with E-state index >= 15 is 0 Å². The van der Waals surface area contributed by atoms with E-state index in [1.165, 1.54) is 6.07 Å². The molecule has 0 saturated heterocycles. The lowest BCUT2D eigenvalue weighted by Gasteiger charge is -2.18. The van der Waals surface area contributed by atoms with Gasteiger partial charge < -0.3 is 0 Å². The first-order chi connectivity index (χ1) is 12.8. The molecule has 0 heterocycles. The minimum Gasteiger partial charge on any atom is -0.294 e. The van der Waals surface area contributed by atoms with E-state index in [0.717, 1.165) is 37.3 Å². The Hall–Kier alpha value is -1.99. The van der Waals surface area contributed by atoms with Crippen molar-refractivity contribution in [2.75, 3.05) is 0 Å². The molecule has 2 aromatic carbocycles. The molecule has 9 heteroatoms. The minimum atomic E-state index is -4.82. The van der Waals surface area contributed by atoms with Crippen LogP contribution in [-0.4, -0.2) is 12.0 Å². The molecule has 0 saturated carbocycles. The fourth-order valence-corrected chi connectivity index (χ4v) is 3.12. The SMILES string of the molecule is CC(=O)c1ccc(/C=C/C(c2cc(Cl)cc(Cl)c2)C(F)(F)F)cc1C(F)(F)F. The largest absolute Gasteiger partial charge is 0.417 e. The van der Waals surface area contributed by atoms with Gasteiger partial charge in [-0.25, -0.2) is 0 Å². The highest BCUT2D eigenvalue weighted by atomic mass is 35.5. The van der Waals surface area contributed by atoms with Crippen molar-refractivity contribution in [2.45, 2.75) is 25.2 Å². The Labute approximate surface area is 166 Å². The fourth-order valence-electron chi connectivity index (χ4n) is 2.58. The number of alkyl halides is 6. The molecule has 0 fully saturated rings. The molecule has 0 N–H and O–H groups in total. The van der Waals surface area contributed by atoms with Gasteiger partial charge in [-0.05, 0) is 42.3 Å². The van der Waals surface area contributed by atoms with Gasteiger partial charge in [0.05, 0.1) is 11.5 Å². The van der Waals surface area contributed by atoms with Crippen LogP contribution in [0.15, 0.2) is 42.5 Å². The third-order valence-electron chi connectivity index (χ3n) is 3.81. The van der Waals surface area contributed by atoms with Gasteiger partial charge in [-0.15, -0.1) is 0 Å². The number of ketones is 1. The van der Waals surface area contributed by atoms with E-state index < -0.39 is 35.2 Å². The summed E-state index contributed by atoms with van der Waals surface area (Å²) in [6.45, 7) is 0.975. The molecule has 1 atom stereocenters.